The van der Waals surface area contributed by atoms with Gasteiger partial charge in [0.2, 0.25) is 5.91 Å². The molecule has 0 aromatic rings. The molecular weight excluding hydrogens is 1050 g/mol. The van der Waals surface area contributed by atoms with Crippen molar-refractivity contribution >= 4 is 5.91 Å². The lowest BCUT2D eigenvalue weighted by atomic mass is 9.97. The lowest BCUT2D eigenvalue weighted by molar-refractivity contribution is -0.359. The van der Waals surface area contributed by atoms with Crippen LogP contribution in [0.15, 0.2) is 109 Å². The van der Waals surface area contributed by atoms with E-state index in [1.165, 1.54) is 77.0 Å². The minimum Gasteiger partial charge on any atom is -0.394 e. The molecule has 14 nitrogen and oxygen atoms in total. The van der Waals surface area contributed by atoms with Crippen LogP contribution in [0.25, 0.3) is 0 Å². The molecule has 9 N–H and O–H groups in total. The Bertz CT molecular complexity index is 1810. The van der Waals surface area contributed by atoms with Crippen LogP contribution in [0.5, 0.6) is 0 Å². The monoisotopic (exact) mass is 1170 g/mol. The Labute approximate surface area is 502 Å². The zero-order valence-corrected chi connectivity index (χ0v) is 51.4. The van der Waals surface area contributed by atoms with Gasteiger partial charge < -0.3 is 65.1 Å². The molecule has 2 fully saturated rings. The third kappa shape index (κ3) is 37.7. The van der Waals surface area contributed by atoms with Crippen LogP contribution in [0.2, 0.25) is 0 Å². The number of hydrogen-bond acceptors (Lipinski definition) is 13. The molecular formula is C69H117NO13. The van der Waals surface area contributed by atoms with E-state index in [9.17, 15) is 45.6 Å². The van der Waals surface area contributed by atoms with Gasteiger partial charge in [0.15, 0.2) is 12.6 Å². The van der Waals surface area contributed by atoms with Crippen LogP contribution in [0.1, 0.15) is 226 Å². The average molecular weight is 1170 g/mol. The highest BCUT2D eigenvalue weighted by molar-refractivity contribution is 5.76. The molecule has 2 aliphatic rings. The molecule has 83 heavy (non-hydrogen) atoms. The third-order valence-corrected chi connectivity index (χ3v) is 15.3. The maximum absolute atomic E-state index is 13.3. The van der Waals surface area contributed by atoms with Crippen LogP contribution in [0, 0.1) is 0 Å². The van der Waals surface area contributed by atoms with E-state index in [2.05, 4.69) is 129 Å². The number of amides is 1. The average Bonchev–Trinajstić information content (AvgIpc) is 3.63. The van der Waals surface area contributed by atoms with Gasteiger partial charge in [-0.2, -0.15) is 0 Å². The van der Waals surface area contributed by atoms with E-state index in [4.69, 9.17) is 18.9 Å². The smallest absolute Gasteiger partial charge is 0.220 e. The minimum atomic E-state index is -1.79. The molecule has 0 aromatic heterocycles. The first kappa shape index (κ1) is 75.7. The molecule has 0 spiro atoms. The Kier molecular flexibility index (Phi) is 48.3. The van der Waals surface area contributed by atoms with Crippen molar-refractivity contribution in [3.8, 4) is 0 Å². The maximum Gasteiger partial charge on any atom is 0.220 e. The Morgan fingerprint density at radius 3 is 1.28 bits per heavy atom. The summed E-state index contributed by atoms with van der Waals surface area (Å²) in [7, 11) is 0. The van der Waals surface area contributed by atoms with E-state index in [-0.39, 0.29) is 18.9 Å². The second kappa shape index (κ2) is 52.9. The molecule has 2 aliphatic heterocycles. The lowest BCUT2D eigenvalue weighted by Crippen LogP contribution is -2.65. The molecule has 0 saturated carbocycles. The van der Waals surface area contributed by atoms with Gasteiger partial charge in [-0.25, -0.2) is 0 Å². The molecule has 12 unspecified atom stereocenters. The van der Waals surface area contributed by atoms with E-state index >= 15 is 0 Å². The number of aliphatic hydroxyl groups is 8. The molecule has 2 saturated heterocycles. The molecule has 2 heterocycles. The number of hydrogen-bond donors (Lipinski definition) is 9. The summed E-state index contributed by atoms with van der Waals surface area (Å²) in [6, 6.07) is -0.848. The van der Waals surface area contributed by atoms with E-state index in [1.807, 2.05) is 0 Å². The van der Waals surface area contributed by atoms with E-state index in [1.54, 1.807) is 0 Å². The quantitative estimate of drug-likeness (QED) is 0.0204. The first-order valence-electron chi connectivity index (χ1n) is 32.6. The fourth-order valence-electron chi connectivity index (χ4n) is 10.1. The maximum atomic E-state index is 13.3. The summed E-state index contributed by atoms with van der Waals surface area (Å²) in [4.78, 5) is 13.3. The van der Waals surface area contributed by atoms with Gasteiger partial charge >= 0.3 is 0 Å². The summed E-state index contributed by atoms with van der Waals surface area (Å²) in [5.74, 6) is -0.229. The molecule has 12 atom stereocenters. The van der Waals surface area contributed by atoms with Gasteiger partial charge in [0.05, 0.1) is 32.0 Å². The highest BCUT2D eigenvalue weighted by Gasteiger charge is 2.51. The first-order chi connectivity index (χ1) is 40.6. The largest absolute Gasteiger partial charge is 0.394 e. The number of allylic oxidation sites excluding steroid dienone is 18. The standard InChI is InChI=1S/C69H117NO13/c1-3-5-7-9-11-13-15-17-19-21-22-23-24-25-26-27-28-29-30-31-32-33-34-35-36-37-39-41-43-45-47-49-51-53-61(74)70-57(58(73)52-50-48-46-44-42-40-38-20-18-16-14-12-10-8-6-4-2)56-80-68-66(79)64(77)67(60(55-72)82-68)83-69-65(78)63(76)62(75)59(54-71)81-69/h5,7,11,13,17,19,22-23,25-26,28-29,31-32,34-35,37,39,57-60,62-69,71-73,75-79H,3-4,6,8-10,12,14-16,18,20-21,24,27,30,33,36,38,40-56H2,1-2H3,(H,70,74)/b7-5-,13-11-,19-17-,23-22-,26-25-,29-28-,32-31-,35-34-,39-37-. The highest BCUT2D eigenvalue weighted by Crippen LogP contribution is 2.30. The van der Waals surface area contributed by atoms with Gasteiger partial charge in [0, 0.05) is 6.42 Å². The molecule has 1 amide bonds. The summed E-state index contributed by atoms with van der Waals surface area (Å²) in [5, 5.41) is 87.4. The van der Waals surface area contributed by atoms with Crippen molar-refractivity contribution in [1.29, 1.82) is 0 Å². The summed E-state index contributed by atoms with van der Waals surface area (Å²) < 4.78 is 22.8. The zero-order chi connectivity index (χ0) is 60.2. The van der Waals surface area contributed by atoms with Crippen molar-refractivity contribution in [3.63, 3.8) is 0 Å². The Morgan fingerprint density at radius 2 is 0.831 bits per heavy atom. The molecule has 0 bridgehead atoms. The number of carbonyl (C=O) groups is 1. The Morgan fingerprint density at radius 1 is 0.446 bits per heavy atom. The highest BCUT2D eigenvalue weighted by atomic mass is 16.7. The van der Waals surface area contributed by atoms with E-state index < -0.39 is 86.8 Å². The first-order valence-corrected chi connectivity index (χ1v) is 32.6. The van der Waals surface area contributed by atoms with Crippen LogP contribution >= 0.6 is 0 Å². The van der Waals surface area contributed by atoms with Crippen LogP contribution < -0.4 is 5.32 Å². The summed E-state index contributed by atoms with van der Waals surface area (Å²) in [6.45, 7) is 2.73. The SMILES string of the molecule is CC/C=C\C/C=C\C/C=C\C/C=C\C/C=C\C/C=C\C/C=C\C/C=C\C/C=C\CCCCCCCC(=O)NC(COC1OC(CO)C(OC2OC(CO)C(O)C(O)C2O)C(O)C1O)C(O)CCCCCCCCCCCCCCCCCC. The van der Waals surface area contributed by atoms with Crippen molar-refractivity contribution in [3.05, 3.63) is 109 Å². The number of carbonyl (C=O) groups excluding carboxylic acids is 1. The number of unbranched alkanes of at least 4 members (excludes halogenated alkanes) is 20. The summed E-state index contributed by atoms with van der Waals surface area (Å²) >= 11 is 0. The molecule has 0 aromatic carbocycles. The van der Waals surface area contributed by atoms with Crippen molar-refractivity contribution in [2.45, 2.75) is 299 Å². The number of nitrogens with one attached hydrogen (secondary N) is 1. The van der Waals surface area contributed by atoms with Gasteiger partial charge in [-0.05, 0) is 83.5 Å². The fraction of sp³-hybridized carbons (Fsp3) is 0.725. The van der Waals surface area contributed by atoms with Gasteiger partial charge in [-0.15, -0.1) is 0 Å². The number of ether oxygens (including phenoxy) is 4. The third-order valence-electron chi connectivity index (χ3n) is 15.3. The fourth-order valence-corrected chi connectivity index (χ4v) is 10.1. The summed E-state index contributed by atoms with van der Waals surface area (Å²) in [5.41, 5.74) is 0. The Hall–Kier alpha value is -3.35. The molecule has 2 rings (SSSR count). The molecule has 0 radical (unpaired) electrons. The van der Waals surface area contributed by atoms with Crippen LogP contribution in [-0.2, 0) is 23.7 Å². The molecule has 476 valence electrons. The van der Waals surface area contributed by atoms with Gasteiger partial charge in [-0.1, -0.05) is 245 Å². The zero-order valence-electron chi connectivity index (χ0n) is 51.4. The summed E-state index contributed by atoms with van der Waals surface area (Å²) in [6.07, 6.45) is 58.0. The van der Waals surface area contributed by atoms with Crippen LogP contribution in [0.4, 0.5) is 0 Å². The number of aliphatic hydroxyl groups excluding tert-OH is 8. The van der Waals surface area contributed by atoms with E-state index in [0.717, 1.165) is 116 Å². The normalized spacial score (nSPS) is 24.6. The topological polar surface area (TPSA) is 228 Å². The van der Waals surface area contributed by atoms with Gasteiger partial charge in [-0.3, -0.25) is 4.79 Å². The predicted octanol–water partition coefficient (Wildman–Crippen LogP) is 12.4. The number of rotatable bonds is 51. The van der Waals surface area contributed by atoms with Gasteiger partial charge in [0.1, 0.15) is 48.8 Å². The minimum absolute atomic E-state index is 0.229. The molecule has 14 heteroatoms. The van der Waals surface area contributed by atoms with Crippen molar-refractivity contribution in [2.75, 3.05) is 19.8 Å². The van der Waals surface area contributed by atoms with Crippen LogP contribution in [0.3, 0.4) is 0 Å². The van der Waals surface area contributed by atoms with E-state index in [0.29, 0.717) is 12.8 Å². The van der Waals surface area contributed by atoms with Crippen LogP contribution in [-0.4, -0.2) is 140 Å². The van der Waals surface area contributed by atoms with Gasteiger partial charge in [0.25, 0.3) is 0 Å². The second-order valence-electron chi connectivity index (χ2n) is 22.5. The Balaban J connectivity index is 1.70. The second-order valence-corrected chi connectivity index (χ2v) is 22.5. The molecule has 0 aliphatic carbocycles. The van der Waals surface area contributed by atoms with Crippen molar-refractivity contribution in [1.82, 2.24) is 5.32 Å². The van der Waals surface area contributed by atoms with Crippen molar-refractivity contribution in [2.24, 2.45) is 0 Å². The van der Waals surface area contributed by atoms with Crippen molar-refractivity contribution < 1.29 is 64.6 Å². The predicted molar refractivity (Wildman–Crippen MR) is 336 cm³/mol. The lowest BCUT2D eigenvalue weighted by Gasteiger charge is -2.46.